The number of ether oxygens (including phenoxy) is 1. The third-order valence-corrected chi connectivity index (χ3v) is 3.17. The van der Waals surface area contributed by atoms with E-state index in [1.807, 2.05) is 12.1 Å². The van der Waals surface area contributed by atoms with E-state index in [1.165, 1.54) is 0 Å². The second-order valence-electron chi connectivity index (χ2n) is 2.52. The van der Waals surface area contributed by atoms with Crippen molar-refractivity contribution in [3.63, 3.8) is 0 Å². The maximum atomic E-state index is 5.15. The molecule has 1 aromatic carbocycles. The number of rotatable bonds is 1. The zero-order chi connectivity index (χ0) is 9.42. The molecule has 13 heavy (non-hydrogen) atoms. The summed E-state index contributed by atoms with van der Waals surface area (Å²) in [5.41, 5.74) is 0.867. The monoisotopic (exact) mass is 304 g/mol. The van der Waals surface area contributed by atoms with E-state index in [-0.39, 0.29) is 0 Å². The van der Waals surface area contributed by atoms with Gasteiger partial charge >= 0.3 is 0 Å². The predicted molar refractivity (Wildman–Crippen MR) is 58.0 cm³/mol. The summed E-state index contributed by atoms with van der Waals surface area (Å²) in [6, 6.07) is 3.85. The fourth-order valence-electron chi connectivity index (χ4n) is 1.16. The van der Waals surface area contributed by atoms with Crippen molar-refractivity contribution in [2.24, 2.45) is 0 Å². The van der Waals surface area contributed by atoms with Crippen molar-refractivity contribution in [3.05, 3.63) is 21.2 Å². The number of nitrogens with one attached hydrogen (secondary N) is 1. The molecule has 3 nitrogen and oxygen atoms in total. The van der Waals surface area contributed by atoms with Crippen molar-refractivity contribution < 1.29 is 4.74 Å². The molecule has 68 valence electrons. The first-order valence-corrected chi connectivity index (χ1v) is 5.18. The van der Waals surface area contributed by atoms with Crippen molar-refractivity contribution in [1.82, 2.24) is 10.2 Å². The lowest BCUT2D eigenvalue weighted by Gasteiger charge is -2.01. The first-order valence-electron chi connectivity index (χ1n) is 3.60. The van der Waals surface area contributed by atoms with Gasteiger partial charge in [0.2, 0.25) is 0 Å². The Bertz CT molecular complexity index is 453. The molecule has 0 amide bonds. The minimum absolute atomic E-state index is 0.784. The molecule has 0 bridgehead atoms. The van der Waals surface area contributed by atoms with Crippen molar-refractivity contribution >= 4 is 42.8 Å². The second kappa shape index (κ2) is 3.31. The highest BCUT2D eigenvalue weighted by molar-refractivity contribution is 9.11. The van der Waals surface area contributed by atoms with Crippen molar-refractivity contribution in [2.45, 2.75) is 0 Å². The van der Waals surface area contributed by atoms with Gasteiger partial charge in [0, 0.05) is 5.39 Å². The first kappa shape index (κ1) is 9.02. The second-order valence-corrected chi connectivity index (χ2v) is 4.10. The molecule has 0 unspecified atom stereocenters. The van der Waals surface area contributed by atoms with E-state index in [9.17, 15) is 0 Å². The van der Waals surface area contributed by atoms with Gasteiger partial charge in [-0.15, -0.1) is 0 Å². The van der Waals surface area contributed by atoms with Crippen LogP contribution < -0.4 is 4.74 Å². The van der Waals surface area contributed by atoms with Crippen LogP contribution >= 0.6 is 31.9 Å². The molecule has 2 rings (SSSR count). The van der Waals surface area contributed by atoms with Crippen molar-refractivity contribution in [1.29, 1.82) is 0 Å². The molecule has 1 N–H and O–H groups in total. The first-order chi connectivity index (χ1) is 6.24. The van der Waals surface area contributed by atoms with Crippen LogP contribution in [0.5, 0.6) is 5.75 Å². The number of fused-ring (bicyclic) bond motifs is 1. The van der Waals surface area contributed by atoms with Crippen molar-refractivity contribution in [2.75, 3.05) is 7.11 Å². The van der Waals surface area contributed by atoms with E-state index >= 15 is 0 Å². The van der Waals surface area contributed by atoms with Gasteiger partial charge in [0.1, 0.15) is 15.9 Å². The molecular formula is C8H6Br2N2O. The summed E-state index contributed by atoms with van der Waals surface area (Å²) in [6.45, 7) is 0. The Labute approximate surface area is 91.7 Å². The highest BCUT2D eigenvalue weighted by Crippen LogP contribution is 2.34. The van der Waals surface area contributed by atoms with Crippen LogP contribution in [-0.2, 0) is 0 Å². The number of H-pyrrole nitrogens is 1. The number of hydrogen-bond donors (Lipinski definition) is 1. The summed E-state index contributed by atoms with van der Waals surface area (Å²) in [7, 11) is 1.63. The van der Waals surface area contributed by atoms with E-state index in [2.05, 4.69) is 42.1 Å². The molecule has 1 heterocycles. The number of aromatic nitrogens is 2. The summed E-state index contributed by atoms with van der Waals surface area (Å²) in [6.07, 6.45) is 0. The minimum atomic E-state index is 0.784. The average Bonchev–Trinajstić information content (AvgIpc) is 2.50. The molecule has 0 aliphatic rings. The van der Waals surface area contributed by atoms with Gasteiger partial charge in [0.05, 0.1) is 11.6 Å². The number of benzene rings is 1. The Kier molecular flexibility index (Phi) is 2.29. The average molecular weight is 306 g/mol. The lowest BCUT2D eigenvalue weighted by atomic mass is 10.2. The van der Waals surface area contributed by atoms with Gasteiger partial charge in [-0.3, -0.25) is 5.10 Å². The fraction of sp³-hybridized carbons (Fsp3) is 0.125. The number of hydrogen-bond acceptors (Lipinski definition) is 2. The molecule has 5 heteroatoms. The summed E-state index contributed by atoms with van der Waals surface area (Å²) < 4.78 is 6.90. The molecule has 0 fully saturated rings. The standard InChI is InChI=1S/C8H6Br2N2O/c1-13-5-3-2-4-7(6(5)9)11-12-8(4)10/h2-3H,1H3,(H,11,12). The molecule has 1 aromatic heterocycles. The van der Waals surface area contributed by atoms with Gasteiger partial charge in [-0.25, -0.2) is 0 Å². The molecule has 0 radical (unpaired) electrons. The van der Waals surface area contributed by atoms with Crippen LogP contribution in [0.1, 0.15) is 0 Å². The number of methoxy groups -OCH3 is 1. The summed E-state index contributed by atoms with van der Waals surface area (Å²) in [5, 5.41) is 8.01. The lowest BCUT2D eigenvalue weighted by molar-refractivity contribution is 0.413. The molecule has 0 aliphatic heterocycles. The fourth-order valence-corrected chi connectivity index (χ4v) is 2.16. The molecule has 2 aromatic rings. The smallest absolute Gasteiger partial charge is 0.135 e. The quantitative estimate of drug-likeness (QED) is 0.879. The van der Waals surface area contributed by atoms with E-state index in [0.717, 1.165) is 25.7 Å². The molecule has 0 spiro atoms. The third kappa shape index (κ3) is 1.36. The van der Waals surface area contributed by atoms with E-state index in [4.69, 9.17) is 4.74 Å². The zero-order valence-electron chi connectivity index (χ0n) is 6.77. The molecule has 0 atom stereocenters. The van der Waals surface area contributed by atoms with Crippen LogP contribution in [0.2, 0.25) is 0 Å². The van der Waals surface area contributed by atoms with E-state index in [0.29, 0.717) is 0 Å². The minimum Gasteiger partial charge on any atom is -0.495 e. The van der Waals surface area contributed by atoms with Gasteiger partial charge < -0.3 is 4.74 Å². The Hall–Kier alpha value is -0.550. The van der Waals surface area contributed by atoms with Crippen LogP contribution in [0.4, 0.5) is 0 Å². The van der Waals surface area contributed by atoms with Gasteiger partial charge in [0.15, 0.2) is 0 Å². The van der Waals surface area contributed by atoms with Crippen molar-refractivity contribution in [3.8, 4) is 5.75 Å². The van der Waals surface area contributed by atoms with Crippen LogP contribution in [-0.4, -0.2) is 17.3 Å². The third-order valence-electron chi connectivity index (χ3n) is 1.80. The summed E-state index contributed by atoms with van der Waals surface area (Å²) >= 11 is 6.79. The van der Waals surface area contributed by atoms with Crippen LogP contribution in [0.3, 0.4) is 0 Å². The lowest BCUT2D eigenvalue weighted by Crippen LogP contribution is -1.84. The Morgan fingerprint density at radius 1 is 1.38 bits per heavy atom. The summed E-state index contributed by atoms with van der Waals surface area (Å²) in [4.78, 5) is 0. The van der Waals surface area contributed by atoms with Gasteiger partial charge in [0.25, 0.3) is 0 Å². The maximum Gasteiger partial charge on any atom is 0.135 e. The Morgan fingerprint density at radius 3 is 2.85 bits per heavy atom. The topological polar surface area (TPSA) is 37.9 Å². The normalized spacial score (nSPS) is 10.7. The number of halogens is 2. The van der Waals surface area contributed by atoms with Crippen LogP contribution in [0.15, 0.2) is 21.2 Å². The summed E-state index contributed by atoms with van der Waals surface area (Å²) in [5.74, 6) is 0.784. The largest absolute Gasteiger partial charge is 0.495 e. The molecule has 0 aliphatic carbocycles. The van der Waals surface area contributed by atoms with Crippen LogP contribution in [0, 0.1) is 0 Å². The SMILES string of the molecule is COc1ccc2c(Br)[nH]nc2c1Br. The van der Waals surface area contributed by atoms with Gasteiger partial charge in [-0.1, -0.05) is 0 Å². The number of aromatic amines is 1. The highest BCUT2D eigenvalue weighted by atomic mass is 79.9. The zero-order valence-corrected chi connectivity index (χ0v) is 9.94. The van der Waals surface area contributed by atoms with Gasteiger partial charge in [-0.05, 0) is 44.0 Å². The van der Waals surface area contributed by atoms with E-state index < -0.39 is 0 Å². The molecule has 0 saturated heterocycles. The van der Waals surface area contributed by atoms with Gasteiger partial charge in [-0.2, -0.15) is 5.10 Å². The molecule has 0 saturated carbocycles. The number of nitrogens with zero attached hydrogens (tertiary/aromatic N) is 1. The van der Waals surface area contributed by atoms with E-state index in [1.54, 1.807) is 7.11 Å². The Balaban J connectivity index is 2.80. The maximum absolute atomic E-state index is 5.15. The predicted octanol–water partition coefficient (Wildman–Crippen LogP) is 3.10. The highest BCUT2D eigenvalue weighted by Gasteiger charge is 2.09. The molecular weight excluding hydrogens is 300 g/mol. The van der Waals surface area contributed by atoms with Crippen LogP contribution in [0.25, 0.3) is 10.9 Å². The Morgan fingerprint density at radius 2 is 2.15 bits per heavy atom.